The number of methoxy groups -OCH3 is 1. The Kier molecular flexibility index (Phi) is 3.64. The molecule has 0 bridgehead atoms. The van der Waals surface area contributed by atoms with Crippen molar-refractivity contribution in [1.29, 1.82) is 0 Å². The van der Waals surface area contributed by atoms with E-state index in [1.54, 1.807) is 7.11 Å². The normalized spacial score (nSPS) is 21.2. The summed E-state index contributed by atoms with van der Waals surface area (Å²) in [5.74, 6) is 9.08. The van der Waals surface area contributed by atoms with Crippen LogP contribution in [0.3, 0.4) is 0 Å². The SMILES string of the molecule is COC1(c2nc3c(c(NN)n2)CSC3)CCCCC1. The third-order valence-electron chi connectivity index (χ3n) is 4.17. The molecule has 3 rings (SSSR count). The Bertz CT molecular complexity index is 474. The number of nitrogens with zero attached hydrogens (tertiary/aromatic N) is 2. The van der Waals surface area contributed by atoms with Crippen LogP contribution >= 0.6 is 11.8 Å². The number of hydrogen-bond donors (Lipinski definition) is 2. The summed E-state index contributed by atoms with van der Waals surface area (Å²) in [6.07, 6.45) is 5.62. The molecule has 5 nitrogen and oxygen atoms in total. The van der Waals surface area contributed by atoms with Crippen LogP contribution in [-0.2, 0) is 21.8 Å². The molecule has 1 fully saturated rings. The summed E-state index contributed by atoms with van der Waals surface area (Å²) in [5, 5.41) is 0. The van der Waals surface area contributed by atoms with Crippen molar-refractivity contribution >= 4 is 17.6 Å². The second kappa shape index (κ2) is 5.26. The smallest absolute Gasteiger partial charge is 0.162 e. The average Bonchev–Trinajstić information content (AvgIpc) is 2.95. The molecule has 104 valence electrons. The lowest BCUT2D eigenvalue weighted by Crippen LogP contribution is -2.34. The van der Waals surface area contributed by atoms with Crippen molar-refractivity contribution in [3.63, 3.8) is 0 Å². The Labute approximate surface area is 117 Å². The van der Waals surface area contributed by atoms with Crippen LogP contribution in [0.5, 0.6) is 0 Å². The van der Waals surface area contributed by atoms with Crippen molar-refractivity contribution in [2.75, 3.05) is 12.5 Å². The van der Waals surface area contributed by atoms with Crippen molar-refractivity contribution in [3.05, 3.63) is 17.1 Å². The largest absolute Gasteiger partial charge is 0.370 e. The van der Waals surface area contributed by atoms with Gasteiger partial charge in [0.25, 0.3) is 0 Å². The molecule has 1 saturated carbocycles. The van der Waals surface area contributed by atoms with Gasteiger partial charge in [0.1, 0.15) is 11.4 Å². The number of rotatable bonds is 3. The Hall–Kier alpha value is -0.850. The van der Waals surface area contributed by atoms with Crippen LogP contribution in [0.2, 0.25) is 0 Å². The summed E-state index contributed by atoms with van der Waals surface area (Å²) in [5.41, 5.74) is 4.68. The van der Waals surface area contributed by atoms with E-state index in [0.717, 1.165) is 47.2 Å². The number of hydrogen-bond acceptors (Lipinski definition) is 6. The first-order valence-electron chi connectivity index (χ1n) is 6.79. The molecule has 1 aliphatic heterocycles. The maximum absolute atomic E-state index is 5.82. The second-order valence-electron chi connectivity index (χ2n) is 5.22. The van der Waals surface area contributed by atoms with Crippen molar-refractivity contribution in [2.24, 2.45) is 5.84 Å². The minimum Gasteiger partial charge on any atom is -0.370 e. The molecule has 0 aromatic carbocycles. The fraction of sp³-hybridized carbons (Fsp3) is 0.692. The molecule has 3 N–H and O–H groups in total. The number of nitrogens with one attached hydrogen (secondary N) is 1. The van der Waals surface area contributed by atoms with Gasteiger partial charge in [-0.2, -0.15) is 11.8 Å². The van der Waals surface area contributed by atoms with E-state index in [9.17, 15) is 0 Å². The molecule has 6 heteroatoms. The first-order chi connectivity index (χ1) is 9.29. The predicted molar refractivity (Wildman–Crippen MR) is 76.6 cm³/mol. The molecule has 2 aliphatic rings. The molecule has 0 saturated heterocycles. The zero-order valence-corrected chi connectivity index (χ0v) is 12.1. The first kappa shape index (κ1) is 13.1. The minimum atomic E-state index is -0.313. The number of ether oxygens (including phenoxy) is 1. The summed E-state index contributed by atoms with van der Waals surface area (Å²) in [4.78, 5) is 9.42. The quantitative estimate of drug-likeness (QED) is 0.654. The van der Waals surface area contributed by atoms with Gasteiger partial charge in [0.2, 0.25) is 0 Å². The molecule has 1 aliphatic carbocycles. The van der Waals surface area contributed by atoms with Crippen molar-refractivity contribution in [2.45, 2.75) is 49.2 Å². The van der Waals surface area contributed by atoms with Crippen LogP contribution in [0, 0.1) is 0 Å². The number of nitrogens with two attached hydrogens (primary N) is 1. The van der Waals surface area contributed by atoms with Gasteiger partial charge in [0.15, 0.2) is 5.82 Å². The Balaban J connectivity index is 2.04. The van der Waals surface area contributed by atoms with Crippen LogP contribution in [0.4, 0.5) is 5.82 Å². The molecule has 1 aromatic heterocycles. The van der Waals surface area contributed by atoms with E-state index in [4.69, 9.17) is 15.6 Å². The number of aromatic nitrogens is 2. The fourth-order valence-corrected chi connectivity index (χ4v) is 4.06. The topological polar surface area (TPSA) is 73.1 Å². The highest BCUT2D eigenvalue weighted by molar-refractivity contribution is 7.98. The van der Waals surface area contributed by atoms with E-state index in [1.807, 2.05) is 11.8 Å². The van der Waals surface area contributed by atoms with Crippen molar-refractivity contribution in [1.82, 2.24) is 9.97 Å². The van der Waals surface area contributed by atoms with E-state index in [-0.39, 0.29) is 5.60 Å². The Morgan fingerprint density at radius 3 is 2.68 bits per heavy atom. The average molecular weight is 280 g/mol. The monoisotopic (exact) mass is 280 g/mol. The number of anilines is 1. The number of fused-ring (bicyclic) bond motifs is 1. The van der Waals surface area contributed by atoms with Crippen LogP contribution < -0.4 is 11.3 Å². The van der Waals surface area contributed by atoms with Crippen molar-refractivity contribution in [3.8, 4) is 0 Å². The summed E-state index contributed by atoms with van der Waals surface area (Å²) in [7, 11) is 1.77. The maximum Gasteiger partial charge on any atom is 0.162 e. The highest BCUT2D eigenvalue weighted by Gasteiger charge is 2.38. The molecular formula is C13H20N4OS. The van der Waals surface area contributed by atoms with Gasteiger partial charge in [-0.05, 0) is 12.8 Å². The first-order valence-corrected chi connectivity index (χ1v) is 7.94. The number of hydrazine groups is 1. The minimum absolute atomic E-state index is 0.313. The molecule has 1 aromatic rings. The van der Waals surface area contributed by atoms with Gasteiger partial charge in [-0.25, -0.2) is 15.8 Å². The molecular weight excluding hydrogens is 260 g/mol. The lowest BCUT2D eigenvalue weighted by atomic mass is 9.84. The van der Waals surface area contributed by atoms with Crippen LogP contribution in [0.1, 0.15) is 49.2 Å². The molecule has 0 unspecified atom stereocenters. The molecule has 0 spiro atoms. The summed E-state index contributed by atoms with van der Waals surface area (Å²) in [6, 6.07) is 0. The maximum atomic E-state index is 5.82. The van der Waals surface area contributed by atoms with E-state index in [0.29, 0.717) is 0 Å². The third-order valence-corrected chi connectivity index (χ3v) is 5.14. The summed E-state index contributed by atoms with van der Waals surface area (Å²) < 4.78 is 5.82. The van der Waals surface area contributed by atoms with Crippen LogP contribution in [0.25, 0.3) is 0 Å². The van der Waals surface area contributed by atoms with Gasteiger partial charge in [-0.1, -0.05) is 19.3 Å². The molecule has 0 amide bonds. The van der Waals surface area contributed by atoms with Gasteiger partial charge < -0.3 is 10.2 Å². The Morgan fingerprint density at radius 1 is 1.21 bits per heavy atom. The standard InChI is InChI=1S/C13H20N4OS/c1-18-13(5-3-2-4-6-13)12-15-10-8-19-7-9(10)11(16-12)17-14/h2-8,14H2,1H3,(H,15,16,17). The van der Waals surface area contributed by atoms with Gasteiger partial charge >= 0.3 is 0 Å². The molecule has 2 heterocycles. The lowest BCUT2D eigenvalue weighted by Gasteiger charge is -2.34. The van der Waals surface area contributed by atoms with Crippen LogP contribution in [-0.4, -0.2) is 17.1 Å². The predicted octanol–water partition coefficient (Wildman–Crippen LogP) is 2.31. The lowest BCUT2D eigenvalue weighted by molar-refractivity contribution is -0.0515. The molecule has 0 radical (unpaired) electrons. The van der Waals surface area contributed by atoms with Gasteiger partial charge in [0, 0.05) is 24.2 Å². The van der Waals surface area contributed by atoms with E-state index < -0.39 is 0 Å². The van der Waals surface area contributed by atoms with Crippen molar-refractivity contribution < 1.29 is 4.74 Å². The van der Waals surface area contributed by atoms with E-state index in [1.165, 1.54) is 19.3 Å². The number of nitrogen functional groups attached to an aromatic ring is 1. The van der Waals surface area contributed by atoms with Crippen LogP contribution in [0.15, 0.2) is 0 Å². The van der Waals surface area contributed by atoms with Gasteiger partial charge in [-0.15, -0.1) is 0 Å². The molecule has 19 heavy (non-hydrogen) atoms. The Morgan fingerprint density at radius 2 is 2.00 bits per heavy atom. The molecule has 0 atom stereocenters. The summed E-state index contributed by atoms with van der Waals surface area (Å²) >= 11 is 1.86. The van der Waals surface area contributed by atoms with E-state index >= 15 is 0 Å². The highest BCUT2D eigenvalue weighted by Crippen LogP contribution is 2.41. The van der Waals surface area contributed by atoms with Gasteiger partial charge in [-0.3, -0.25) is 0 Å². The van der Waals surface area contributed by atoms with E-state index in [2.05, 4.69) is 10.4 Å². The highest BCUT2D eigenvalue weighted by atomic mass is 32.2. The third kappa shape index (κ3) is 2.22. The fourth-order valence-electron chi connectivity index (χ4n) is 3.02. The zero-order chi connectivity index (χ0) is 13.3. The number of thioether (sulfide) groups is 1. The zero-order valence-electron chi connectivity index (χ0n) is 11.2. The second-order valence-corrected chi connectivity index (χ2v) is 6.20. The summed E-state index contributed by atoms with van der Waals surface area (Å²) in [6.45, 7) is 0. The van der Waals surface area contributed by atoms with Gasteiger partial charge in [0.05, 0.1) is 5.69 Å².